The SMILES string of the molecule is CN(C)[C@H](C(=O)NCCCC(C)(C)CO)c1ccc(F)cc1. The Morgan fingerprint density at radius 2 is 1.91 bits per heavy atom. The molecule has 0 heterocycles. The molecule has 1 aromatic carbocycles. The monoisotopic (exact) mass is 310 g/mol. The standard InChI is InChI=1S/C17H27FN2O2/c1-17(2,12-21)10-5-11-19-16(22)15(20(3)4)13-6-8-14(18)9-7-13/h6-9,15,21H,5,10-12H2,1-4H3,(H,19,22)/t15-/m0/s1. The van der Waals surface area contributed by atoms with Gasteiger partial charge in [0.1, 0.15) is 11.9 Å². The van der Waals surface area contributed by atoms with Gasteiger partial charge in [-0.15, -0.1) is 0 Å². The fourth-order valence-electron chi connectivity index (χ4n) is 2.28. The number of hydrogen-bond donors (Lipinski definition) is 2. The molecule has 0 saturated heterocycles. The lowest BCUT2D eigenvalue weighted by atomic mass is 9.89. The highest BCUT2D eigenvalue weighted by Crippen LogP contribution is 2.21. The maximum atomic E-state index is 13.0. The molecule has 0 saturated carbocycles. The van der Waals surface area contributed by atoms with E-state index in [0.29, 0.717) is 6.54 Å². The Labute approximate surface area is 132 Å². The number of likely N-dealkylation sites (N-methyl/N-ethyl adjacent to an activating group) is 1. The summed E-state index contributed by atoms with van der Waals surface area (Å²) in [5, 5.41) is 12.1. The maximum Gasteiger partial charge on any atom is 0.241 e. The van der Waals surface area contributed by atoms with Gasteiger partial charge in [-0.1, -0.05) is 26.0 Å². The zero-order valence-corrected chi connectivity index (χ0v) is 13.9. The van der Waals surface area contributed by atoms with Crippen LogP contribution in [0.15, 0.2) is 24.3 Å². The molecule has 0 spiro atoms. The van der Waals surface area contributed by atoms with Crippen LogP contribution < -0.4 is 5.32 Å². The Bertz CT molecular complexity index is 472. The van der Waals surface area contributed by atoms with Crippen LogP contribution in [0.5, 0.6) is 0 Å². The number of aliphatic hydroxyl groups is 1. The molecule has 5 heteroatoms. The molecule has 0 aliphatic carbocycles. The van der Waals surface area contributed by atoms with Crippen molar-refractivity contribution < 1.29 is 14.3 Å². The minimum atomic E-state index is -0.438. The maximum absolute atomic E-state index is 13.0. The van der Waals surface area contributed by atoms with Crippen LogP contribution in [0.3, 0.4) is 0 Å². The third-order valence-corrected chi connectivity index (χ3v) is 3.71. The molecular weight excluding hydrogens is 283 g/mol. The van der Waals surface area contributed by atoms with Gasteiger partial charge in [-0.2, -0.15) is 0 Å². The molecule has 22 heavy (non-hydrogen) atoms. The van der Waals surface area contributed by atoms with Crippen LogP contribution in [0.25, 0.3) is 0 Å². The van der Waals surface area contributed by atoms with E-state index in [2.05, 4.69) is 5.32 Å². The fraction of sp³-hybridized carbons (Fsp3) is 0.588. The van der Waals surface area contributed by atoms with E-state index in [1.165, 1.54) is 12.1 Å². The first kappa shape index (κ1) is 18.6. The number of rotatable bonds is 8. The molecule has 0 aliphatic heterocycles. The summed E-state index contributed by atoms with van der Waals surface area (Å²) in [7, 11) is 3.64. The normalized spacial score (nSPS) is 13.2. The summed E-state index contributed by atoms with van der Waals surface area (Å²) in [5.74, 6) is -0.411. The Morgan fingerprint density at radius 1 is 1.32 bits per heavy atom. The number of carbonyl (C=O) groups excluding carboxylic acids is 1. The summed E-state index contributed by atoms with van der Waals surface area (Å²) in [6.45, 7) is 4.69. The topological polar surface area (TPSA) is 52.6 Å². The third-order valence-electron chi connectivity index (χ3n) is 3.71. The molecule has 1 amide bonds. The second kappa shape index (κ2) is 8.25. The molecule has 0 aromatic heterocycles. The van der Waals surface area contributed by atoms with E-state index < -0.39 is 6.04 Å². The first-order valence-electron chi connectivity index (χ1n) is 7.57. The van der Waals surface area contributed by atoms with Gasteiger partial charge in [0.05, 0.1) is 0 Å². The van der Waals surface area contributed by atoms with Crippen LogP contribution in [-0.4, -0.2) is 43.2 Å². The van der Waals surface area contributed by atoms with Gasteiger partial charge in [0.15, 0.2) is 0 Å². The highest BCUT2D eigenvalue weighted by atomic mass is 19.1. The van der Waals surface area contributed by atoms with Crippen molar-refractivity contribution in [2.75, 3.05) is 27.2 Å². The number of benzene rings is 1. The van der Waals surface area contributed by atoms with Gasteiger partial charge in [-0.3, -0.25) is 9.69 Å². The third kappa shape index (κ3) is 5.73. The fourth-order valence-corrected chi connectivity index (χ4v) is 2.28. The molecule has 1 rings (SSSR count). The van der Waals surface area contributed by atoms with E-state index in [1.54, 1.807) is 17.0 Å². The smallest absolute Gasteiger partial charge is 0.241 e. The molecule has 0 radical (unpaired) electrons. The minimum Gasteiger partial charge on any atom is -0.396 e. The molecule has 124 valence electrons. The molecule has 1 atom stereocenters. The lowest BCUT2D eigenvalue weighted by Gasteiger charge is -2.25. The Morgan fingerprint density at radius 3 is 2.41 bits per heavy atom. The molecular formula is C17H27FN2O2. The number of nitrogens with one attached hydrogen (secondary N) is 1. The second-order valence-corrected chi connectivity index (χ2v) is 6.63. The number of nitrogens with zero attached hydrogens (tertiary/aromatic N) is 1. The Hall–Kier alpha value is -1.46. The second-order valence-electron chi connectivity index (χ2n) is 6.63. The summed E-state index contributed by atoms with van der Waals surface area (Å²) in [5.41, 5.74) is 0.641. The largest absolute Gasteiger partial charge is 0.396 e. The van der Waals surface area contributed by atoms with Crippen molar-refractivity contribution in [2.45, 2.75) is 32.7 Å². The predicted molar refractivity (Wildman–Crippen MR) is 85.9 cm³/mol. The van der Waals surface area contributed by atoms with Crippen molar-refractivity contribution in [3.63, 3.8) is 0 Å². The van der Waals surface area contributed by atoms with Crippen LogP contribution in [0.2, 0.25) is 0 Å². The lowest BCUT2D eigenvalue weighted by Crippen LogP contribution is -2.37. The lowest BCUT2D eigenvalue weighted by molar-refractivity contribution is -0.125. The van der Waals surface area contributed by atoms with Crippen LogP contribution in [0.1, 0.15) is 38.3 Å². The predicted octanol–water partition coefficient (Wildman–Crippen LogP) is 2.34. The summed E-state index contributed by atoms with van der Waals surface area (Å²) >= 11 is 0. The zero-order chi connectivity index (χ0) is 16.8. The molecule has 0 bridgehead atoms. The van der Waals surface area contributed by atoms with Gasteiger partial charge in [0.25, 0.3) is 0 Å². The van der Waals surface area contributed by atoms with Gasteiger partial charge in [-0.25, -0.2) is 4.39 Å². The van der Waals surface area contributed by atoms with Crippen molar-refractivity contribution in [2.24, 2.45) is 5.41 Å². The molecule has 1 aromatic rings. The average molecular weight is 310 g/mol. The first-order chi connectivity index (χ1) is 10.3. The molecule has 0 unspecified atom stereocenters. The highest BCUT2D eigenvalue weighted by Gasteiger charge is 2.23. The van der Waals surface area contributed by atoms with Gasteiger partial charge in [0.2, 0.25) is 5.91 Å². The number of aliphatic hydroxyl groups excluding tert-OH is 1. The van der Waals surface area contributed by atoms with E-state index in [9.17, 15) is 14.3 Å². The average Bonchev–Trinajstić information content (AvgIpc) is 2.45. The van der Waals surface area contributed by atoms with Gasteiger partial charge in [-0.05, 0) is 50.0 Å². The van der Waals surface area contributed by atoms with E-state index in [1.807, 2.05) is 27.9 Å². The van der Waals surface area contributed by atoms with Crippen molar-refractivity contribution in [1.29, 1.82) is 0 Å². The van der Waals surface area contributed by atoms with Gasteiger partial charge >= 0.3 is 0 Å². The van der Waals surface area contributed by atoms with Crippen LogP contribution in [0.4, 0.5) is 4.39 Å². The number of halogens is 1. The number of hydrogen-bond acceptors (Lipinski definition) is 3. The summed E-state index contributed by atoms with van der Waals surface area (Å²) in [6.07, 6.45) is 1.65. The van der Waals surface area contributed by atoms with Crippen molar-refractivity contribution in [1.82, 2.24) is 10.2 Å². The Kier molecular flexibility index (Phi) is 6.97. The van der Waals surface area contributed by atoms with Crippen LogP contribution in [-0.2, 0) is 4.79 Å². The quantitative estimate of drug-likeness (QED) is 0.725. The van der Waals surface area contributed by atoms with Crippen LogP contribution >= 0.6 is 0 Å². The molecule has 0 fully saturated rings. The summed E-state index contributed by atoms with van der Waals surface area (Å²) in [6, 6.07) is 5.56. The molecule has 4 nitrogen and oxygen atoms in total. The van der Waals surface area contributed by atoms with Crippen molar-refractivity contribution in [3.8, 4) is 0 Å². The minimum absolute atomic E-state index is 0.0987. The van der Waals surface area contributed by atoms with E-state index in [0.717, 1.165) is 18.4 Å². The highest BCUT2D eigenvalue weighted by molar-refractivity contribution is 5.83. The zero-order valence-electron chi connectivity index (χ0n) is 13.9. The number of carbonyl (C=O) groups is 1. The summed E-state index contributed by atoms with van der Waals surface area (Å²) < 4.78 is 13.0. The van der Waals surface area contributed by atoms with E-state index in [4.69, 9.17) is 0 Å². The van der Waals surface area contributed by atoms with Gasteiger partial charge in [0, 0.05) is 13.2 Å². The van der Waals surface area contributed by atoms with Crippen LogP contribution in [0, 0.1) is 11.2 Å². The van der Waals surface area contributed by atoms with Crippen molar-refractivity contribution >= 4 is 5.91 Å². The van der Waals surface area contributed by atoms with Gasteiger partial charge < -0.3 is 10.4 Å². The van der Waals surface area contributed by atoms with Crippen molar-refractivity contribution in [3.05, 3.63) is 35.6 Å². The number of amides is 1. The van der Waals surface area contributed by atoms with E-state index in [-0.39, 0.29) is 23.7 Å². The van der Waals surface area contributed by atoms with E-state index >= 15 is 0 Å². The first-order valence-corrected chi connectivity index (χ1v) is 7.57. The molecule has 2 N–H and O–H groups in total. The summed E-state index contributed by atoms with van der Waals surface area (Å²) in [4.78, 5) is 14.2. The Balaban J connectivity index is 2.58. The molecule has 0 aliphatic rings.